The molecule has 1 aliphatic rings. The van der Waals surface area contributed by atoms with Gasteiger partial charge in [0.1, 0.15) is 0 Å². The summed E-state index contributed by atoms with van der Waals surface area (Å²) in [6.45, 7) is 7.56. The first-order valence-corrected chi connectivity index (χ1v) is 11.4. The number of likely N-dealkylation sites (tertiary alicyclic amines) is 1. The molecule has 3 aromatic rings. The van der Waals surface area contributed by atoms with Gasteiger partial charge in [0, 0.05) is 19.3 Å². The molecule has 2 aromatic heterocycles. The van der Waals surface area contributed by atoms with Gasteiger partial charge in [0.2, 0.25) is 0 Å². The van der Waals surface area contributed by atoms with Crippen molar-refractivity contribution >= 4 is 11.6 Å². The van der Waals surface area contributed by atoms with Crippen molar-refractivity contribution in [3.05, 3.63) is 65.6 Å². The van der Waals surface area contributed by atoms with Gasteiger partial charge in [-0.15, -0.1) is 10.2 Å². The van der Waals surface area contributed by atoms with Gasteiger partial charge in [-0.25, -0.2) is 4.99 Å². The molecule has 0 unspecified atom stereocenters. The van der Waals surface area contributed by atoms with Crippen LogP contribution in [0.3, 0.4) is 0 Å². The molecule has 7 nitrogen and oxygen atoms in total. The summed E-state index contributed by atoms with van der Waals surface area (Å²) in [6.07, 6.45) is 7.37. The van der Waals surface area contributed by atoms with E-state index in [4.69, 9.17) is 4.99 Å². The van der Waals surface area contributed by atoms with Gasteiger partial charge in [0.25, 0.3) is 0 Å². The van der Waals surface area contributed by atoms with Gasteiger partial charge in [-0.2, -0.15) is 0 Å². The highest BCUT2D eigenvalue weighted by atomic mass is 15.3. The summed E-state index contributed by atoms with van der Waals surface area (Å²) in [7, 11) is 0. The zero-order valence-corrected chi connectivity index (χ0v) is 18.4. The topological polar surface area (TPSA) is 69.8 Å². The molecule has 31 heavy (non-hydrogen) atoms. The number of hydrogen-bond donors (Lipinski definition) is 2. The molecule has 1 aromatic carbocycles. The molecule has 0 saturated carbocycles. The van der Waals surface area contributed by atoms with Crippen LogP contribution in [0.25, 0.3) is 5.65 Å². The summed E-state index contributed by atoms with van der Waals surface area (Å²) in [6, 6.07) is 14.7. The molecule has 0 bridgehead atoms. The minimum Gasteiger partial charge on any atom is -0.357 e. The third-order valence-corrected chi connectivity index (χ3v) is 5.66. The minimum atomic E-state index is 0.562. The van der Waals surface area contributed by atoms with Gasteiger partial charge in [0.15, 0.2) is 17.4 Å². The maximum Gasteiger partial charge on any atom is 0.191 e. The Labute approximate surface area is 184 Å². The molecular formula is C24H33N7. The zero-order valence-electron chi connectivity index (χ0n) is 18.4. The highest BCUT2D eigenvalue weighted by Gasteiger charge is 2.10. The van der Waals surface area contributed by atoms with Crippen LogP contribution in [0.15, 0.2) is 53.7 Å². The van der Waals surface area contributed by atoms with Gasteiger partial charge in [-0.1, -0.05) is 43.2 Å². The van der Waals surface area contributed by atoms with E-state index >= 15 is 0 Å². The van der Waals surface area contributed by atoms with Crippen LogP contribution in [0.2, 0.25) is 0 Å². The Balaban J connectivity index is 1.37. The van der Waals surface area contributed by atoms with E-state index in [-0.39, 0.29) is 0 Å². The molecule has 0 spiro atoms. The average Bonchev–Trinajstić information content (AvgIpc) is 3.03. The number of aliphatic imine (C=N–C) groups is 1. The number of nitrogens with one attached hydrogen (secondary N) is 2. The van der Waals surface area contributed by atoms with Crippen LogP contribution in [-0.4, -0.2) is 45.1 Å². The minimum absolute atomic E-state index is 0.562. The molecule has 0 aliphatic carbocycles. The average molecular weight is 420 g/mol. The first-order chi connectivity index (χ1) is 15.3. The van der Waals surface area contributed by atoms with Crippen molar-refractivity contribution in [3.63, 3.8) is 0 Å². The van der Waals surface area contributed by atoms with Crippen LogP contribution in [0.5, 0.6) is 0 Å². The van der Waals surface area contributed by atoms with Crippen LogP contribution in [0.4, 0.5) is 0 Å². The maximum absolute atomic E-state index is 4.79. The van der Waals surface area contributed by atoms with Crippen molar-refractivity contribution in [2.75, 3.05) is 19.6 Å². The molecule has 3 heterocycles. The summed E-state index contributed by atoms with van der Waals surface area (Å²) >= 11 is 0. The van der Waals surface area contributed by atoms with E-state index in [0.29, 0.717) is 13.1 Å². The summed E-state index contributed by atoms with van der Waals surface area (Å²) in [5.41, 5.74) is 3.46. The van der Waals surface area contributed by atoms with Gasteiger partial charge >= 0.3 is 0 Å². The first kappa shape index (κ1) is 21.3. The van der Waals surface area contributed by atoms with Crippen LogP contribution in [0, 0.1) is 0 Å². The lowest BCUT2D eigenvalue weighted by atomic mass is 10.1. The van der Waals surface area contributed by atoms with Crippen molar-refractivity contribution in [3.8, 4) is 0 Å². The number of nitrogens with zero attached hydrogens (tertiary/aromatic N) is 5. The fraction of sp³-hybridized carbons (Fsp3) is 0.458. The number of benzene rings is 1. The van der Waals surface area contributed by atoms with E-state index in [0.717, 1.165) is 30.5 Å². The Morgan fingerprint density at radius 3 is 2.65 bits per heavy atom. The van der Waals surface area contributed by atoms with Gasteiger partial charge in [-0.3, -0.25) is 9.30 Å². The maximum atomic E-state index is 4.79. The Morgan fingerprint density at radius 2 is 1.81 bits per heavy atom. The largest absolute Gasteiger partial charge is 0.357 e. The Kier molecular flexibility index (Phi) is 7.50. The van der Waals surface area contributed by atoms with Crippen LogP contribution >= 0.6 is 0 Å². The van der Waals surface area contributed by atoms with Crippen LogP contribution in [-0.2, 0) is 19.6 Å². The second-order valence-corrected chi connectivity index (χ2v) is 8.10. The summed E-state index contributed by atoms with van der Waals surface area (Å²) in [4.78, 5) is 7.38. The highest BCUT2D eigenvalue weighted by molar-refractivity contribution is 5.79. The molecule has 1 aliphatic heterocycles. The molecule has 2 N–H and O–H groups in total. The third kappa shape index (κ3) is 6.04. The van der Waals surface area contributed by atoms with Crippen LogP contribution < -0.4 is 10.6 Å². The normalized spacial score (nSPS) is 15.7. The van der Waals surface area contributed by atoms with E-state index in [1.165, 1.54) is 49.9 Å². The SMILES string of the molecule is CCNC(=NCc1cccc(CN2CCCCCC2)c1)NCc1nnc2ccccn12. The molecule has 7 heteroatoms. The number of hydrogen-bond acceptors (Lipinski definition) is 4. The zero-order chi connectivity index (χ0) is 21.3. The lowest BCUT2D eigenvalue weighted by Crippen LogP contribution is -2.37. The van der Waals surface area contributed by atoms with E-state index in [9.17, 15) is 0 Å². The van der Waals surface area contributed by atoms with Gasteiger partial charge < -0.3 is 10.6 Å². The number of pyridine rings is 1. The molecule has 4 rings (SSSR count). The summed E-state index contributed by atoms with van der Waals surface area (Å²) in [5, 5.41) is 15.2. The van der Waals surface area contributed by atoms with Gasteiger partial charge in [-0.05, 0) is 56.1 Å². The Morgan fingerprint density at radius 1 is 0.968 bits per heavy atom. The molecule has 1 saturated heterocycles. The second kappa shape index (κ2) is 10.9. The van der Waals surface area contributed by atoms with Crippen molar-refractivity contribution in [1.29, 1.82) is 0 Å². The lowest BCUT2D eigenvalue weighted by molar-refractivity contribution is 0.277. The monoisotopic (exact) mass is 419 g/mol. The van der Waals surface area contributed by atoms with Crippen molar-refractivity contribution < 1.29 is 0 Å². The number of rotatable bonds is 7. The number of aromatic nitrogens is 3. The van der Waals surface area contributed by atoms with E-state index in [1.54, 1.807) is 0 Å². The van der Waals surface area contributed by atoms with E-state index < -0.39 is 0 Å². The van der Waals surface area contributed by atoms with Crippen LogP contribution in [0.1, 0.15) is 49.6 Å². The molecule has 0 amide bonds. The first-order valence-electron chi connectivity index (χ1n) is 11.4. The molecule has 0 atom stereocenters. The quantitative estimate of drug-likeness (QED) is 0.454. The predicted octanol–water partition coefficient (Wildman–Crippen LogP) is 3.36. The summed E-state index contributed by atoms with van der Waals surface area (Å²) in [5.74, 6) is 1.65. The standard InChI is InChI=1S/C24H33N7/c1-2-25-24(27-18-23-29-28-22-12-5-8-15-31(22)23)26-17-20-10-9-11-21(16-20)19-30-13-6-3-4-7-14-30/h5,8-12,15-16H,2-4,6-7,13-14,17-19H2,1H3,(H2,25,26,27). The number of guanidine groups is 1. The van der Waals surface area contributed by atoms with E-state index in [2.05, 4.69) is 56.9 Å². The molecule has 164 valence electrons. The molecular weight excluding hydrogens is 386 g/mol. The highest BCUT2D eigenvalue weighted by Crippen LogP contribution is 2.14. The third-order valence-electron chi connectivity index (χ3n) is 5.66. The molecule has 1 fully saturated rings. The van der Waals surface area contributed by atoms with Crippen molar-refractivity contribution in [2.45, 2.75) is 52.2 Å². The van der Waals surface area contributed by atoms with Crippen molar-refractivity contribution in [2.24, 2.45) is 4.99 Å². The Bertz CT molecular complexity index is 986. The van der Waals surface area contributed by atoms with E-state index in [1.807, 2.05) is 28.8 Å². The second-order valence-electron chi connectivity index (χ2n) is 8.10. The number of fused-ring (bicyclic) bond motifs is 1. The Hall–Kier alpha value is -2.93. The predicted molar refractivity (Wildman–Crippen MR) is 125 cm³/mol. The smallest absolute Gasteiger partial charge is 0.191 e. The van der Waals surface area contributed by atoms with Gasteiger partial charge in [0.05, 0.1) is 13.1 Å². The lowest BCUT2D eigenvalue weighted by Gasteiger charge is -2.20. The fourth-order valence-electron chi connectivity index (χ4n) is 4.07. The molecule has 0 radical (unpaired) electrons. The summed E-state index contributed by atoms with van der Waals surface area (Å²) < 4.78 is 1.99. The van der Waals surface area contributed by atoms with Crippen molar-refractivity contribution in [1.82, 2.24) is 30.1 Å². The fourth-order valence-corrected chi connectivity index (χ4v) is 4.07.